The summed E-state index contributed by atoms with van der Waals surface area (Å²) in [7, 11) is 0. The van der Waals surface area contributed by atoms with Gasteiger partial charge in [-0.2, -0.15) is 0 Å². The zero-order chi connectivity index (χ0) is 15.2. The van der Waals surface area contributed by atoms with Crippen LogP contribution in [0.15, 0.2) is 48.5 Å². The van der Waals surface area contributed by atoms with E-state index in [1.807, 2.05) is 0 Å². The first-order chi connectivity index (χ1) is 10.0. The average Bonchev–Trinajstić information content (AvgIpc) is 2.41. The number of amides is 2. The number of hydrogen-bond acceptors (Lipinski definition) is 2. The molecule has 2 amide bonds. The van der Waals surface area contributed by atoms with Crippen LogP contribution < -0.4 is 10.6 Å². The van der Waals surface area contributed by atoms with Crippen molar-refractivity contribution in [2.75, 3.05) is 10.6 Å². The van der Waals surface area contributed by atoms with Crippen LogP contribution in [-0.4, -0.2) is 11.8 Å². The van der Waals surface area contributed by atoms with Crippen molar-refractivity contribution in [3.05, 3.63) is 60.2 Å². The number of carbonyl (C=O) groups is 2. The quantitative estimate of drug-likeness (QED) is 0.851. The fourth-order valence-electron chi connectivity index (χ4n) is 1.67. The Labute approximate surface area is 119 Å². The number of halogens is 2. The molecule has 0 heterocycles. The lowest BCUT2D eigenvalue weighted by Gasteiger charge is -2.07. The minimum atomic E-state index is -0.658. The van der Waals surface area contributed by atoms with Crippen LogP contribution in [0.4, 0.5) is 20.2 Å². The molecule has 0 aliphatic rings. The van der Waals surface area contributed by atoms with Crippen molar-refractivity contribution in [1.82, 2.24) is 0 Å². The molecule has 0 atom stereocenters. The van der Waals surface area contributed by atoms with Crippen LogP contribution in [0.5, 0.6) is 0 Å². The zero-order valence-electron chi connectivity index (χ0n) is 10.9. The molecule has 0 saturated heterocycles. The lowest BCUT2D eigenvalue weighted by molar-refractivity contribution is -0.123. The van der Waals surface area contributed by atoms with Gasteiger partial charge in [-0.25, -0.2) is 8.78 Å². The SMILES string of the molecule is O=C(CC(=O)Nc1ccccc1F)Nc1cccc(F)c1. The van der Waals surface area contributed by atoms with E-state index in [-0.39, 0.29) is 11.4 Å². The molecule has 108 valence electrons. The van der Waals surface area contributed by atoms with Crippen molar-refractivity contribution >= 4 is 23.2 Å². The maximum Gasteiger partial charge on any atom is 0.233 e. The highest BCUT2D eigenvalue weighted by Crippen LogP contribution is 2.13. The van der Waals surface area contributed by atoms with Crippen molar-refractivity contribution < 1.29 is 18.4 Å². The van der Waals surface area contributed by atoms with Crippen molar-refractivity contribution in [3.63, 3.8) is 0 Å². The number of hydrogen-bond donors (Lipinski definition) is 2. The Kier molecular flexibility index (Phi) is 4.61. The Bertz CT molecular complexity index is 674. The molecule has 0 aromatic heterocycles. The molecular weight excluding hydrogens is 278 g/mol. The van der Waals surface area contributed by atoms with Gasteiger partial charge in [0.15, 0.2) is 0 Å². The van der Waals surface area contributed by atoms with Crippen molar-refractivity contribution in [1.29, 1.82) is 0 Å². The molecule has 0 spiro atoms. The summed E-state index contributed by atoms with van der Waals surface area (Å²) in [6, 6.07) is 10.9. The zero-order valence-corrected chi connectivity index (χ0v) is 10.9. The van der Waals surface area contributed by atoms with Crippen molar-refractivity contribution in [2.45, 2.75) is 6.42 Å². The molecule has 0 bridgehead atoms. The second-order valence-electron chi connectivity index (χ2n) is 4.26. The van der Waals surface area contributed by atoms with Gasteiger partial charge in [0.25, 0.3) is 0 Å². The van der Waals surface area contributed by atoms with Crippen LogP contribution >= 0.6 is 0 Å². The van der Waals surface area contributed by atoms with Gasteiger partial charge >= 0.3 is 0 Å². The van der Waals surface area contributed by atoms with Crippen LogP contribution in [0.3, 0.4) is 0 Å². The molecule has 0 radical (unpaired) electrons. The summed E-state index contributed by atoms with van der Waals surface area (Å²) >= 11 is 0. The molecule has 2 aromatic carbocycles. The maximum atomic E-state index is 13.3. The Hall–Kier alpha value is -2.76. The lowest BCUT2D eigenvalue weighted by atomic mass is 10.2. The van der Waals surface area contributed by atoms with E-state index >= 15 is 0 Å². The molecule has 2 rings (SSSR count). The number of para-hydroxylation sites is 1. The highest BCUT2D eigenvalue weighted by atomic mass is 19.1. The van der Waals surface area contributed by atoms with Gasteiger partial charge in [0.2, 0.25) is 11.8 Å². The average molecular weight is 290 g/mol. The van der Waals surface area contributed by atoms with Crippen molar-refractivity contribution in [3.8, 4) is 0 Å². The van der Waals surface area contributed by atoms with E-state index in [1.54, 1.807) is 6.07 Å². The van der Waals surface area contributed by atoms with Crippen LogP contribution in [0.2, 0.25) is 0 Å². The van der Waals surface area contributed by atoms with Crippen LogP contribution in [-0.2, 0) is 9.59 Å². The Morgan fingerprint density at radius 1 is 0.905 bits per heavy atom. The first-order valence-corrected chi connectivity index (χ1v) is 6.14. The van der Waals surface area contributed by atoms with E-state index in [0.29, 0.717) is 0 Å². The van der Waals surface area contributed by atoms with Crippen molar-refractivity contribution in [2.24, 2.45) is 0 Å². The van der Waals surface area contributed by atoms with E-state index in [0.717, 1.165) is 6.07 Å². The molecule has 0 saturated carbocycles. The number of rotatable bonds is 4. The molecule has 0 fully saturated rings. The summed E-state index contributed by atoms with van der Waals surface area (Å²) in [4.78, 5) is 23.2. The van der Waals surface area contributed by atoms with E-state index in [4.69, 9.17) is 0 Å². The van der Waals surface area contributed by atoms with Gasteiger partial charge in [-0.3, -0.25) is 9.59 Å². The fourth-order valence-corrected chi connectivity index (χ4v) is 1.67. The highest BCUT2D eigenvalue weighted by Gasteiger charge is 2.11. The Morgan fingerprint density at radius 3 is 2.33 bits per heavy atom. The third kappa shape index (κ3) is 4.38. The summed E-state index contributed by atoms with van der Waals surface area (Å²) in [5.41, 5.74) is 0.250. The van der Waals surface area contributed by atoms with Crippen LogP contribution in [0.25, 0.3) is 0 Å². The molecule has 2 aromatic rings. The first-order valence-electron chi connectivity index (χ1n) is 6.14. The molecule has 4 nitrogen and oxygen atoms in total. The number of nitrogens with one attached hydrogen (secondary N) is 2. The molecule has 0 aliphatic heterocycles. The fraction of sp³-hybridized carbons (Fsp3) is 0.0667. The standard InChI is InChI=1S/C15H12F2N2O2/c16-10-4-3-5-11(8-10)18-14(20)9-15(21)19-13-7-2-1-6-12(13)17/h1-8H,9H2,(H,18,20)(H,19,21). The van der Waals surface area contributed by atoms with Gasteiger partial charge in [-0.05, 0) is 30.3 Å². The van der Waals surface area contributed by atoms with E-state index in [9.17, 15) is 18.4 Å². The monoisotopic (exact) mass is 290 g/mol. The topological polar surface area (TPSA) is 58.2 Å². The highest BCUT2D eigenvalue weighted by molar-refractivity contribution is 6.08. The predicted octanol–water partition coefficient (Wildman–Crippen LogP) is 2.93. The minimum Gasteiger partial charge on any atom is -0.326 e. The molecule has 2 N–H and O–H groups in total. The number of carbonyl (C=O) groups excluding carboxylic acids is 2. The second kappa shape index (κ2) is 6.60. The van der Waals surface area contributed by atoms with Gasteiger partial charge < -0.3 is 10.6 Å². The summed E-state index contributed by atoms with van der Waals surface area (Å²) in [5.74, 6) is -2.36. The van der Waals surface area contributed by atoms with Gasteiger partial charge in [-0.1, -0.05) is 18.2 Å². The van der Waals surface area contributed by atoms with Gasteiger partial charge in [0.05, 0.1) is 5.69 Å². The van der Waals surface area contributed by atoms with Gasteiger partial charge in [0, 0.05) is 5.69 Å². The largest absolute Gasteiger partial charge is 0.326 e. The molecule has 21 heavy (non-hydrogen) atoms. The Morgan fingerprint density at radius 2 is 1.62 bits per heavy atom. The Balaban J connectivity index is 1.91. The summed E-state index contributed by atoms with van der Waals surface area (Å²) in [5, 5.41) is 4.67. The first kappa shape index (κ1) is 14.6. The third-order valence-electron chi connectivity index (χ3n) is 2.58. The van der Waals surface area contributed by atoms with Crippen LogP contribution in [0, 0.1) is 11.6 Å². The normalized spacial score (nSPS) is 10.0. The van der Waals surface area contributed by atoms with Crippen LogP contribution in [0.1, 0.15) is 6.42 Å². The van der Waals surface area contributed by atoms with Gasteiger partial charge in [0.1, 0.15) is 18.1 Å². The van der Waals surface area contributed by atoms with E-state index in [2.05, 4.69) is 10.6 Å². The summed E-state index contributed by atoms with van der Waals surface area (Å²) < 4.78 is 26.3. The number of benzene rings is 2. The van der Waals surface area contributed by atoms with Gasteiger partial charge in [-0.15, -0.1) is 0 Å². The summed E-state index contributed by atoms with van der Waals surface area (Å²) in [6.45, 7) is 0. The maximum absolute atomic E-state index is 13.3. The third-order valence-corrected chi connectivity index (χ3v) is 2.58. The second-order valence-corrected chi connectivity index (χ2v) is 4.26. The summed E-state index contributed by atoms with van der Waals surface area (Å²) in [6.07, 6.45) is -0.495. The van der Waals surface area contributed by atoms with E-state index in [1.165, 1.54) is 36.4 Å². The molecular formula is C15H12F2N2O2. The molecule has 6 heteroatoms. The molecule has 0 aliphatic carbocycles. The van der Waals surface area contributed by atoms with E-state index < -0.39 is 29.9 Å². The lowest BCUT2D eigenvalue weighted by Crippen LogP contribution is -2.21. The molecule has 0 unspecified atom stereocenters. The minimum absolute atomic E-state index is 0.000977. The number of anilines is 2. The smallest absolute Gasteiger partial charge is 0.233 e. The predicted molar refractivity (Wildman–Crippen MR) is 74.7 cm³/mol.